The van der Waals surface area contributed by atoms with E-state index in [2.05, 4.69) is 27.5 Å². The zero-order valence-corrected chi connectivity index (χ0v) is 14.3. The molecule has 3 rings (SSSR count). The number of nitrogens with zero attached hydrogens (tertiary/aromatic N) is 2. The van der Waals surface area contributed by atoms with Crippen LogP contribution in [0.5, 0.6) is 0 Å². The van der Waals surface area contributed by atoms with Crippen LogP contribution in [0.4, 0.5) is 14.9 Å². The van der Waals surface area contributed by atoms with Crippen molar-refractivity contribution in [2.45, 2.75) is 25.3 Å². The summed E-state index contributed by atoms with van der Waals surface area (Å²) in [4.78, 5) is 16.6. The average molecular weight is 334 g/mol. The lowest BCUT2D eigenvalue weighted by Crippen LogP contribution is -2.48. The number of nitrogens with one attached hydrogen (secondary N) is 2. The smallest absolute Gasteiger partial charge is 0.315 e. The average Bonchev–Trinajstić information content (AvgIpc) is 3.05. The molecule has 2 aliphatic rings. The molecule has 0 spiro atoms. The molecule has 2 saturated heterocycles. The molecule has 0 saturated carbocycles. The molecule has 24 heavy (non-hydrogen) atoms. The van der Waals surface area contributed by atoms with E-state index in [1.807, 2.05) is 12.1 Å². The number of rotatable bonds is 4. The molecular weight excluding hydrogens is 307 g/mol. The lowest BCUT2D eigenvalue weighted by molar-refractivity contribution is 0.213. The van der Waals surface area contributed by atoms with Crippen LogP contribution in [0.2, 0.25) is 0 Å². The van der Waals surface area contributed by atoms with Gasteiger partial charge in [0.2, 0.25) is 0 Å². The monoisotopic (exact) mass is 334 g/mol. The molecule has 1 atom stereocenters. The molecule has 1 aromatic carbocycles. The number of anilines is 1. The summed E-state index contributed by atoms with van der Waals surface area (Å²) < 4.78 is 13.0. The minimum absolute atomic E-state index is 0.0511. The third-order valence-electron chi connectivity index (χ3n) is 5.08. The van der Waals surface area contributed by atoms with Crippen molar-refractivity contribution in [1.82, 2.24) is 15.5 Å². The van der Waals surface area contributed by atoms with Gasteiger partial charge in [-0.1, -0.05) is 0 Å². The Morgan fingerprint density at radius 2 is 1.88 bits per heavy atom. The maximum Gasteiger partial charge on any atom is 0.315 e. The maximum absolute atomic E-state index is 13.0. The number of carbonyl (C=O) groups excluding carboxylic acids is 1. The summed E-state index contributed by atoms with van der Waals surface area (Å²) in [5.41, 5.74) is 1.05. The van der Waals surface area contributed by atoms with Crippen LogP contribution in [-0.4, -0.2) is 56.7 Å². The first-order chi connectivity index (χ1) is 11.6. The van der Waals surface area contributed by atoms with Gasteiger partial charge in [-0.05, 0) is 69.6 Å². The predicted octanol–water partition coefficient (Wildman–Crippen LogP) is 2.05. The van der Waals surface area contributed by atoms with Gasteiger partial charge in [0, 0.05) is 31.4 Å². The quantitative estimate of drug-likeness (QED) is 0.886. The fraction of sp³-hybridized carbons (Fsp3) is 0.611. The molecule has 132 valence electrons. The van der Waals surface area contributed by atoms with Crippen molar-refractivity contribution in [3.05, 3.63) is 30.1 Å². The predicted molar refractivity (Wildman–Crippen MR) is 93.8 cm³/mol. The Labute approximate surface area is 143 Å². The van der Waals surface area contributed by atoms with Crippen LogP contribution in [0.3, 0.4) is 0 Å². The van der Waals surface area contributed by atoms with Crippen molar-refractivity contribution < 1.29 is 9.18 Å². The second-order valence-corrected chi connectivity index (χ2v) is 7.01. The highest BCUT2D eigenvalue weighted by molar-refractivity contribution is 5.74. The van der Waals surface area contributed by atoms with Crippen LogP contribution in [-0.2, 0) is 0 Å². The number of likely N-dealkylation sites (tertiary alicyclic amines) is 1. The van der Waals surface area contributed by atoms with Gasteiger partial charge in [0.15, 0.2) is 0 Å². The summed E-state index contributed by atoms with van der Waals surface area (Å²) in [7, 11) is 2.11. The van der Waals surface area contributed by atoms with Crippen LogP contribution >= 0.6 is 0 Å². The summed E-state index contributed by atoms with van der Waals surface area (Å²) in [6.45, 7) is 4.63. The van der Waals surface area contributed by atoms with Crippen molar-refractivity contribution in [2.24, 2.45) is 5.92 Å². The second-order valence-electron chi connectivity index (χ2n) is 7.01. The number of urea groups is 1. The summed E-state index contributed by atoms with van der Waals surface area (Å²) >= 11 is 0. The summed E-state index contributed by atoms with van der Waals surface area (Å²) in [5.74, 6) is 0.236. The SMILES string of the molecule is CN1CCC(NC(=O)NC[C@H]2CCN(c3ccc(F)cc3)C2)CC1. The first-order valence-electron chi connectivity index (χ1n) is 8.83. The van der Waals surface area contributed by atoms with E-state index in [4.69, 9.17) is 0 Å². The van der Waals surface area contributed by atoms with Gasteiger partial charge in [0.1, 0.15) is 5.82 Å². The number of piperidine rings is 1. The van der Waals surface area contributed by atoms with E-state index < -0.39 is 0 Å². The van der Waals surface area contributed by atoms with Gasteiger partial charge < -0.3 is 20.4 Å². The Morgan fingerprint density at radius 1 is 1.17 bits per heavy atom. The van der Waals surface area contributed by atoms with Crippen molar-refractivity contribution >= 4 is 11.7 Å². The topological polar surface area (TPSA) is 47.6 Å². The van der Waals surface area contributed by atoms with Crippen LogP contribution in [0, 0.1) is 11.7 Å². The van der Waals surface area contributed by atoms with Gasteiger partial charge in [0.25, 0.3) is 0 Å². The minimum atomic E-state index is -0.207. The van der Waals surface area contributed by atoms with E-state index in [1.54, 1.807) is 0 Å². The van der Waals surface area contributed by atoms with Crippen LogP contribution in [0.15, 0.2) is 24.3 Å². The van der Waals surface area contributed by atoms with Gasteiger partial charge in [-0.15, -0.1) is 0 Å². The minimum Gasteiger partial charge on any atom is -0.371 e. The summed E-state index contributed by atoms with van der Waals surface area (Å²) in [6, 6.07) is 6.87. The molecule has 0 bridgehead atoms. The Balaban J connectivity index is 1.38. The molecule has 5 nitrogen and oxygen atoms in total. The molecule has 0 radical (unpaired) electrons. The van der Waals surface area contributed by atoms with Crippen molar-refractivity contribution in [2.75, 3.05) is 44.7 Å². The number of hydrogen-bond donors (Lipinski definition) is 2. The number of hydrogen-bond acceptors (Lipinski definition) is 3. The molecule has 2 fully saturated rings. The number of benzene rings is 1. The molecule has 2 N–H and O–H groups in total. The van der Waals surface area contributed by atoms with Crippen molar-refractivity contribution in [1.29, 1.82) is 0 Å². The number of amides is 2. The zero-order valence-electron chi connectivity index (χ0n) is 14.3. The van der Waals surface area contributed by atoms with E-state index >= 15 is 0 Å². The van der Waals surface area contributed by atoms with Crippen LogP contribution in [0.1, 0.15) is 19.3 Å². The Kier molecular flexibility index (Phi) is 5.56. The number of halogens is 1. The lowest BCUT2D eigenvalue weighted by atomic mass is 10.1. The lowest BCUT2D eigenvalue weighted by Gasteiger charge is -2.29. The van der Waals surface area contributed by atoms with Crippen molar-refractivity contribution in [3.63, 3.8) is 0 Å². The van der Waals surface area contributed by atoms with Gasteiger partial charge in [-0.25, -0.2) is 9.18 Å². The summed E-state index contributed by atoms with van der Waals surface area (Å²) in [6.07, 6.45) is 3.09. The highest BCUT2D eigenvalue weighted by atomic mass is 19.1. The van der Waals surface area contributed by atoms with Gasteiger partial charge in [0.05, 0.1) is 0 Å². The van der Waals surface area contributed by atoms with E-state index in [9.17, 15) is 9.18 Å². The first kappa shape index (κ1) is 17.0. The number of carbonyl (C=O) groups is 1. The molecule has 2 amide bonds. The third kappa shape index (κ3) is 4.60. The molecule has 2 heterocycles. The Bertz CT molecular complexity index is 542. The normalized spacial score (nSPS) is 22.6. The first-order valence-corrected chi connectivity index (χ1v) is 8.83. The molecule has 0 aromatic heterocycles. The Morgan fingerprint density at radius 3 is 2.58 bits per heavy atom. The van der Waals surface area contributed by atoms with Gasteiger partial charge >= 0.3 is 6.03 Å². The standard InChI is InChI=1S/C18H27FN4O/c1-22-9-7-16(8-10-22)21-18(24)20-12-14-6-11-23(13-14)17-4-2-15(19)3-5-17/h2-5,14,16H,6-13H2,1H3,(H2,20,21,24)/t14-/m1/s1. The van der Waals surface area contributed by atoms with Crippen molar-refractivity contribution in [3.8, 4) is 0 Å². The van der Waals surface area contributed by atoms with E-state index in [1.165, 1.54) is 12.1 Å². The van der Waals surface area contributed by atoms with Crippen LogP contribution in [0.25, 0.3) is 0 Å². The van der Waals surface area contributed by atoms with Gasteiger partial charge in [-0.3, -0.25) is 0 Å². The molecule has 1 aromatic rings. The zero-order chi connectivity index (χ0) is 16.9. The fourth-order valence-electron chi connectivity index (χ4n) is 3.51. The highest BCUT2D eigenvalue weighted by Crippen LogP contribution is 2.23. The second kappa shape index (κ2) is 7.83. The third-order valence-corrected chi connectivity index (χ3v) is 5.08. The molecule has 0 aliphatic carbocycles. The molecule has 0 unspecified atom stereocenters. The van der Waals surface area contributed by atoms with E-state index in [0.717, 1.165) is 51.1 Å². The van der Waals surface area contributed by atoms with Gasteiger partial charge in [-0.2, -0.15) is 0 Å². The van der Waals surface area contributed by atoms with E-state index in [0.29, 0.717) is 18.5 Å². The summed E-state index contributed by atoms with van der Waals surface area (Å²) in [5, 5.41) is 6.09. The molecular formula is C18H27FN4O. The maximum atomic E-state index is 13.0. The molecule has 2 aliphatic heterocycles. The fourth-order valence-corrected chi connectivity index (χ4v) is 3.51. The van der Waals surface area contributed by atoms with E-state index in [-0.39, 0.29) is 11.8 Å². The largest absolute Gasteiger partial charge is 0.371 e. The van der Waals surface area contributed by atoms with Crippen LogP contribution < -0.4 is 15.5 Å². The Hall–Kier alpha value is -1.82. The highest BCUT2D eigenvalue weighted by Gasteiger charge is 2.24. The molecule has 6 heteroatoms.